The van der Waals surface area contributed by atoms with Crippen molar-refractivity contribution in [3.63, 3.8) is 0 Å². The summed E-state index contributed by atoms with van der Waals surface area (Å²) in [7, 11) is 0. The molecule has 1 saturated heterocycles. The molecule has 2 heterocycles. The molecule has 1 aliphatic rings. The standard InChI is InChI=1S/C16H21NO/c1-13-7-6-8-15-14(12-18-16(13)15)11-17-9-4-2-3-5-10-17/h6-8,12H,2-5,9-11H2,1H3. The van der Waals surface area contributed by atoms with Gasteiger partial charge in [-0.25, -0.2) is 0 Å². The van der Waals surface area contributed by atoms with Gasteiger partial charge in [-0.15, -0.1) is 0 Å². The molecule has 3 rings (SSSR count). The Labute approximate surface area is 109 Å². The predicted octanol–water partition coefficient (Wildman–Crippen LogP) is 4.12. The third-order valence-electron chi connectivity index (χ3n) is 3.97. The molecule has 96 valence electrons. The topological polar surface area (TPSA) is 16.4 Å². The zero-order chi connectivity index (χ0) is 12.4. The molecule has 1 aromatic heterocycles. The number of para-hydroxylation sites is 1. The maximum absolute atomic E-state index is 5.73. The summed E-state index contributed by atoms with van der Waals surface area (Å²) in [4.78, 5) is 2.57. The summed E-state index contributed by atoms with van der Waals surface area (Å²) in [6.45, 7) is 5.62. The van der Waals surface area contributed by atoms with Gasteiger partial charge in [0.2, 0.25) is 0 Å². The summed E-state index contributed by atoms with van der Waals surface area (Å²) in [5, 5.41) is 1.29. The number of nitrogens with zero attached hydrogens (tertiary/aromatic N) is 1. The highest BCUT2D eigenvalue weighted by Gasteiger charge is 2.13. The quantitative estimate of drug-likeness (QED) is 0.789. The lowest BCUT2D eigenvalue weighted by Crippen LogP contribution is -2.23. The Hall–Kier alpha value is -1.28. The third-order valence-corrected chi connectivity index (χ3v) is 3.97. The molecule has 0 atom stereocenters. The molecule has 0 unspecified atom stereocenters. The maximum atomic E-state index is 5.73. The molecule has 0 aliphatic carbocycles. The molecule has 2 heteroatoms. The number of likely N-dealkylation sites (tertiary alicyclic amines) is 1. The minimum atomic E-state index is 1.04. The van der Waals surface area contributed by atoms with E-state index < -0.39 is 0 Å². The smallest absolute Gasteiger partial charge is 0.137 e. The highest BCUT2D eigenvalue weighted by atomic mass is 16.3. The Kier molecular flexibility index (Phi) is 3.37. The number of fused-ring (bicyclic) bond motifs is 1. The predicted molar refractivity (Wildman–Crippen MR) is 74.7 cm³/mol. The minimum Gasteiger partial charge on any atom is -0.464 e. The van der Waals surface area contributed by atoms with E-state index in [1.807, 2.05) is 6.26 Å². The summed E-state index contributed by atoms with van der Waals surface area (Å²) in [6, 6.07) is 6.42. The molecule has 0 amide bonds. The maximum Gasteiger partial charge on any atom is 0.137 e. The molecule has 1 fully saturated rings. The number of hydrogen-bond acceptors (Lipinski definition) is 2. The molecule has 18 heavy (non-hydrogen) atoms. The Morgan fingerprint density at radius 2 is 1.89 bits per heavy atom. The van der Waals surface area contributed by atoms with E-state index in [0.717, 1.165) is 12.1 Å². The van der Waals surface area contributed by atoms with Crippen molar-refractivity contribution in [1.82, 2.24) is 4.90 Å². The van der Waals surface area contributed by atoms with E-state index in [1.165, 1.54) is 55.3 Å². The number of hydrogen-bond donors (Lipinski definition) is 0. The van der Waals surface area contributed by atoms with E-state index >= 15 is 0 Å². The zero-order valence-corrected chi connectivity index (χ0v) is 11.1. The van der Waals surface area contributed by atoms with Gasteiger partial charge in [-0.05, 0) is 38.4 Å². The van der Waals surface area contributed by atoms with Gasteiger partial charge < -0.3 is 4.42 Å². The summed E-state index contributed by atoms with van der Waals surface area (Å²) in [6.07, 6.45) is 7.41. The van der Waals surface area contributed by atoms with Crippen molar-refractivity contribution >= 4 is 11.0 Å². The fraction of sp³-hybridized carbons (Fsp3) is 0.500. The molecule has 1 aromatic carbocycles. The van der Waals surface area contributed by atoms with Gasteiger partial charge in [0.25, 0.3) is 0 Å². The Balaban J connectivity index is 1.83. The minimum absolute atomic E-state index is 1.04. The molecule has 0 saturated carbocycles. The van der Waals surface area contributed by atoms with Crippen LogP contribution in [0, 0.1) is 6.92 Å². The first-order valence-corrected chi connectivity index (χ1v) is 7.02. The van der Waals surface area contributed by atoms with E-state index in [0.29, 0.717) is 0 Å². The second kappa shape index (κ2) is 5.15. The number of aryl methyl sites for hydroxylation is 1. The van der Waals surface area contributed by atoms with Crippen molar-refractivity contribution in [2.24, 2.45) is 0 Å². The Bertz CT molecular complexity index is 521. The summed E-state index contributed by atoms with van der Waals surface area (Å²) >= 11 is 0. The average molecular weight is 243 g/mol. The molecule has 2 aromatic rings. The summed E-state index contributed by atoms with van der Waals surface area (Å²) in [5.41, 5.74) is 3.63. The SMILES string of the molecule is Cc1cccc2c(CN3CCCCCC3)coc12. The molecule has 0 spiro atoms. The lowest BCUT2D eigenvalue weighted by atomic mass is 10.1. The van der Waals surface area contributed by atoms with Crippen LogP contribution in [0.3, 0.4) is 0 Å². The number of rotatable bonds is 2. The fourth-order valence-corrected chi connectivity index (χ4v) is 2.91. The van der Waals surface area contributed by atoms with Crippen LogP contribution in [0.1, 0.15) is 36.8 Å². The van der Waals surface area contributed by atoms with Gasteiger partial charge in [0.15, 0.2) is 0 Å². The van der Waals surface area contributed by atoms with Crippen molar-refractivity contribution in [1.29, 1.82) is 0 Å². The first-order chi connectivity index (χ1) is 8.84. The molecule has 0 bridgehead atoms. The largest absolute Gasteiger partial charge is 0.464 e. The number of benzene rings is 1. The van der Waals surface area contributed by atoms with Crippen LogP contribution in [0.25, 0.3) is 11.0 Å². The van der Waals surface area contributed by atoms with E-state index in [4.69, 9.17) is 4.42 Å². The van der Waals surface area contributed by atoms with Crippen LogP contribution >= 0.6 is 0 Å². The van der Waals surface area contributed by atoms with E-state index in [2.05, 4.69) is 30.0 Å². The highest BCUT2D eigenvalue weighted by molar-refractivity contribution is 5.83. The van der Waals surface area contributed by atoms with Crippen molar-refractivity contribution in [3.05, 3.63) is 35.6 Å². The van der Waals surface area contributed by atoms with Gasteiger partial charge in [-0.2, -0.15) is 0 Å². The normalized spacial score (nSPS) is 18.1. The fourth-order valence-electron chi connectivity index (χ4n) is 2.91. The second-order valence-corrected chi connectivity index (χ2v) is 5.40. The molecule has 2 nitrogen and oxygen atoms in total. The van der Waals surface area contributed by atoms with Crippen LogP contribution in [-0.4, -0.2) is 18.0 Å². The lowest BCUT2D eigenvalue weighted by molar-refractivity contribution is 0.277. The van der Waals surface area contributed by atoms with E-state index in [9.17, 15) is 0 Å². The van der Waals surface area contributed by atoms with Crippen LogP contribution in [0.15, 0.2) is 28.9 Å². The molecule has 1 aliphatic heterocycles. The van der Waals surface area contributed by atoms with Crippen LogP contribution in [0.4, 0.5) is 0 Å². The van der Waals surface area contributed by atoms with Gasteiger partial charge in [-0.1, -0.05) is 31.0 Å². The van der Waals surface area contributed by atoms with Crippen LogP contribution in [0.5, 0.6) is 0 Å². The van der Waals surface area contributed by atoms with Gasteiger partial charge in [0.1, 0.15) is 5.58 Å². The zero-order valence-electron chi connectivity index (χ0n) is 11.1. The third kappa shape index (κ3) is 2.30. The van der Waals surface area contributed by atoms with Gasteiger partial charge in [-0.3, -0.25) is 4.90 Å². The second-order valence-electron chi connectivity index (χ2n) is 5.40. The van der Waals surface area contributed by atoms with Crippen LogP contribution in [-0.2, 0) is 6.54 Å². The van der Waals surface area contributed by atoms with Crippen LogP contribution in [0.2, 0.25) is 0 Å². The Morgan fingerprint density at radius 1 is 1.11 bits per heavy atom. The number of furan rings is 1. The summed E-state index contributed by atoms with van der Waals surface area (Å²) in [5.74, 6) is 0. The van der Waals surface area contributed by atoms with Crippen molar-refractivity contribution < 1.29 is 4.42 Å². The molecular weight excluding hydrogens is 222 g/mol. The van der Waals surface area contributed by atoms with Gasteiger partial charge >= 0.3 is 0 Å². The first kappa shape index (κ1) is 11.8. The molecular formula is C16H21NO. The molecule has 0 radical (unpaired) electrons. The average Bonchev–Trinajstić information content (AvgIpc) is 2.61. The van der Waals surface area contributed by atoms with E-state index in [-0.39, 0.29) is 0 Å². The van der Waals surface area contributed by atoms with E-state index in [1.54, 1.807) is 0 Å². The lowest BCUT2D eigenvalue weighted by Gasteiger charge is -2.18. The van der Waals surface area contributed by atoms with Gasteiger partial charge in [0.05, 0.1) is 6.26 Å². The summed E-state index contributed by atoms with van der Waals surface area (Å²) < 4.78 is 5.73. The van der Waals surface area contributed by atoms with Crippen molar-refractivity contribution in [3.8, 4) is 0 Å². The van der Waals surface area contributed by atoms with Gasteiger partial charge in [0, 0.05) is 17.5 Å². The Morgan fingerprint density at radius 3 is 2.67 bits per heavy atom. The monoisotopic (exact) mass is 243 g/mol. The molecule has 0 N–H and O–H groups in total. The van der Waals surface area contributed by atoms with Crippen molar-refractivity contribution in [2.75, 3.05) is 13.1 Å². The highest BCUT2D eigenvalue weighted by Crippen LogP contribution is 2.25. The van der Waals surface area contributed by atoms with Crippen molar-refractivity contribution in [2.45, 2.75) is 39.2 Å². The van der Waals surface area contributed by atoms with Crippen LogP contribution < -0.4 is 0 Å². The first-order valence-electron chi connectivity index (χ1n) is 7.02.